The molecule has 0 aliphatic carbocycles. The third-order valence-corrected chi connectivity index (χ3v) is 5.13. The normalized spacial score (nSPS) is 17.3. The van der Waals surface area contributed by atoms with Crippen LogP contribution in [0.4, 0.5) is 5.82 Å². The standard InChI is InChI=1S/C19H21Cl2N3O2/c1-11-15(18(25)26-19(2,3)4)17(12-7-6-8-13(20)16(12)21)24-14(23(11)5)9-10-22-24/h6-10,17H,1-5H3. The fourth-order valence-corrected chi connectivity index (χ4v) is 3.47. The largest absolute Gasteiger partial charge is 0.456 e. The van der Waals surface area contributed by atoms with Crippen LogP contribution in [0.2, 0.25) is 10.0 Å². The van der Waals surface area contributed by atoms with Crippen LogP contribution >= 0.6 is 23.2 Å². The minimum absolute atomic E-state index is 0.399. The molecule has 0 radical (unpaired) electrons. The second kappa shape index (κ2) is 6.63. The molecule has 0 spiro atoms. The predicted molar refractivity (Wildman–Crippen MR) is 104 cm³/mol. The highest BCUT2D eigenvalue weighted by molar-refractivity contribution is 6.42. The highest BCUT2D eigenvalue weighted by atomic mass is 35.5. The number of halogens is 2. The molecule has 26 heavy (non-hydrogen) atoms. The van der Waals surface area contributed by atoms with Crippen LogP contribution in [0.3, 0.4) is 0 Å². The van der Waals surface area contributed by atoms with Gasteiger partial charge >= 0.3 is 5.97 Å². The van der Waals surface area contributed by atoms with Crippen molar-refractivity contribution >= 4 is 35.0 Å². The Morgan fingerprint density at radius 2 is 1.92 bits per heavy atom. The maximum Gasteiger partial charge on any atom is 0.338 e. The summed E-state index contributed by atoms with van der Waals surface area (Å²) >= 11 is 12.7. The molecule has 1 atom stereocenters. The van der Waals surface area contributed by atoms with Crippen LogP contribution in [0.1, 0.15) is 39.3 Å². The number of aromatic nitrogens is 2. The molecular formula is C19H21Cl2N3O2. The molecule has 0 fully saturated rings. The predicted octanol–water partition coefficient (Wildman–Crippen LogP) is 4.84. The van der Waals surface area contributed by atoms with Gasteiger partial charge in [0.1, 0.15) is 17.5 Å². The Hall–Kier alpha value is -1.98. The molecule has 1 aromatic carbocycles. The first-order valence-corrected chi connectivity index (χ1v) is 9.02. The van der Waals surface area contributed by atoms with Crippen LogP contribution in [0.25, 0.3) is 0 Å². The summed E-state index contributed by atoms with van der Waals surface area (Å²) in [7, 11) is 1.89. The van der Waals surface area contributed by atoms with Crippen LogP contribution in [0, 0.1) is 0 Å². The smallest absolute Gasteiger partial charge is 0.338 e. The third kappa shape index (κ3) is 3.21. The number of anilines is 1. The highest BCUT2D eigenvalue weighted by Crippen LogP contribution is 2.42. The Morgan fingerprint density at radius 1 is 1.23 bits per heavy atom. The van der Waals surface area contributed by atoms with E-state index in [-0.39, 0.29) is 0 Å². The number of allylic oxidation sites excluding steroid dienone is 1. The number of rotatable bonds is 2. The molecule has 0 amide bonds. The number of hydrogen-bond donors (Lipinski definition) is 0. The van der Waals surface area contributed by atoms with E-state index < -0.39 is 17.6 Å². The first kappa shape index (κ1) is 18.8. The molecule has 0 saturated heterocycles. The van der Waals surface area contributed by atoms with E-state index >= 15 is 0 Å². The minimum atomic E-state index is -0.615. The van der Waals surface area contributed by atoms with Gasteiger partial charge in [-0.1, -0.05) is 35.3 Å². The quantitative estimate of drug-likeness (QED) is 0.684. The van der Waals surface area contributed by atoms with Crippen LogP contribution < -0.4 is 4.90 Å². The summed E-state index contributed by atoms with van der Waals surface area (Å²) < 4.78 is 7.44. The molecule has 0 N–H and O–H groups in total. The van der Waals surface area contributed by atoms with Gasteiger partial charge in [0.05, 0.1) is 21.8 Å². The topological polar surface area (TPSA) is 47.4 Å². The Labute approximate surface area is 163 Å². The highest BCUT2D eigenvalue weighted by Gasteiger charge is 2.38. The molecule has 138 valence electrons. The Kier molecular flexibility index (Phi) is 4.80. The third-order valence-electron chi connectivity index (χ3n) is 4.30. The van der Waals surface area contributed by atoms with E-state index in [1.807, 2.05) is 57.8 Å². The van der Waals surface area contributed by atoms with Gasteiger partial charge in [-0.2, -0.15) is 5.10 Å². The van der Waals surface area contributed by atoms with Crippen molar-refractivity contribution in [2.45, 2.75) is 39.3 Å². The van der Waals surface area contributed by atoms with Crippen LogP contribution in [-0.4, -0.2) is 28.4 Å². The number of ether oxygens (including phenoxy) is 1. The van der Waals surface area contributed by atoms with Crippen molar-refractivity contribution in [3.8, 4) is 0 Å². The fourth-order valence-electron chi connectivity index (χ4n) is 3.06. The summed E-state index contributed by atoms with van der Waals surface area (Å²) in [6, 6.07) is 6.76. The molecule has 0 bridgehead atoms. The van der Waals surface area contributed by atoms with E-state index in [2.05, 4.69) is 5.10 Å². The van der Waals surface area contributed by atoms with Crippen molar-refractivity contribution in [2.24, 2.45) is 0 Å². The van der Waals surface area contributed by atoms with Crippen molar-refractivity contribution in [1.82, 2.24) is 9.78 Å². The van der Waals surface area contributed by atoms with Gasteiger partial charge in [-0.3, -0.25) is 0 Å². The number of esters is 1. The first-order valence-electron chi connectivity index (χ1n) is 8.27. The van der Waals surface area contributed by atoms with E-state index in [4.69, 9.17) is 27.9 Å². The fraction of sp³-hybridized carbons (Fsp3) is 0.368. The lowest BCUT2D eigenvalue weighted by Gasteiger charge is -2.35. The molecule has 5 nitrogen and oxygen atoms in total. The van der Waals surface area contributed by atoms with Crippen molar-refractivity contribution in [3.05, 3.63) is 57.3 Å². The zero-order valence-corrected chi connectivity index (χ0v) is 16.9. The van der Waals surface area contributed by atoms with Gasteiger partial charge in [0.15, 0.2) is 0 Å². The average molecular weight is 394 g/mol. The van der Waals surface area contributed by atoms with Crippen molar-refractivity contribution in [1.29, 1.82) is 0 Å². The van der Waals surface area contributed by atoms with E-state index in [0.717, 1.165) is 11.5 Å². The molecule has 1 aliphatic rings. The van der Waals surface area contributed by atoms with Crippen LogP contribution in [0.15, 0.2) is 41.7 Å². The zero-order valence-electron chi connectivity index (χ0n) is 15.4. The Bertz CT molecular complexity index is 896. The zero-order chi connectivity index (χ0) is 19.2. The maximum atomic E-state index is 13.1. The van der Waals surface area contributed by atoms with Gasteiger partial charge in [-0.15, -0.1) is 0 Å². The second-order valence-corrected chi connectivity index (χ2v) is 8.02. The Morgan fingerprint density at radius 3 is 2.58 bits per heavy atom. The van der Waals surface area contributed by atoms with E-state index in [1.165, 1.54) is 0 Å². The van der Waals surface area contributed by atoms with Gasteiger partial charge in [-0.25, -0.2) is 9.48 Å². The maximum absolute atomic E-state index is 13.1. The molecule has 1 aromatic heterocycles. The van der Waals surface area contributed by atoms with E-state index in [0.29, 0.717) is 21.2 Å². The molecular weight excluding hydrogens is 373 g/mol. The number of carbonyl (C=O) groups is 1. The van der Waals surface area contributed by atoms with E-state index in [1.54, 1.807) is 16.9 Å². The average Bonchev–Trinajstić information content (AvgIpc) is 3.01. The lowest BCUT2D eigenvalue weighted by molar-refractivity contribution is -0.150. The number of carbonyl (C=O) groups excluding carboxylic acids is 1. The van der Waals surface area contributed by atoms with Gasteiger partial charge in [0, 0.05) is 24.4 Å². The van der Waals surface area contributed by atoms with Gasteiger partial charge in [0.2, 0.25) is 0 Å². The molecule has 1 aliphatic heterocycles. The molecule has 1 unspecified atom stereocenters. The van der Waals surface area contributed by atoms with Crippen LogP contribution in [-0.2, 0) is 9.53 Å². The lowest BCUT2D eigenvalue weighted by atomic mass is 9.94. The van der Waals surface area contributed by atoms with E-state index in [9.17, 15) is 4.79 Å². The summed E-state index contributed by atoms with van der Waals surface area (Å²) in [4.78, 5) is 15.0. The van der Waals surface area contributed by atoms with Crippen molar-refractivity contribution in [2.75, 3.05) is 11.9 Å². The number of nitrogens with zero attached hydrogens (tertiary/aromatic N) is 3. The summed E-state index contributed by atoms with van der Waals surface area (Å²) in [6.45, 7) is 7.41. The number of fused-ring (bicyclic) bond motifs is 1. The van der Waals surface area contributed by atoms with Gasteiger partial charge in [-0.05, 0) is 33.8 Å². The number of hydrogen-bond acceptors (Lipinski definition) is 4. The number of benzene rings is 1. The summed E-state index contributed by atoms with van der Waals surface area (Å²) in [5.41, 5.74) is 1.37. The molecule has 0 saturated carbocycles. The minimum Gasteiger partial charge on any atom is -0.456 e. The summed E-state index contributed by atoms with van der Waals surface area (Å²) in [6.07, 6.45) is 1.70. The SMILES string of the molecule is CC1=C(C(=O)OC(C)(C)C)C(c2cccc(Cl)c2Cl)n2nccc2N1C. The molecule has 7 heteroatoms. The van der Waals surface area contributed by atoms with Gasteiger partial charge in [0.25, 0.3) is 0 Å². The molecule has 2 aromatic rings. The second-order valence-electron chi connectivity index (χ2n) is 7.24. The monoisotopic (exact) mass is 393 g/mol. The lowest BCUT2D eigenvalue weighted by Crippen LogP contribution is -2.36. The van der Waals surface area contributed by atoms with Crippen molar-refractivity contribution < 1.29 is 9.53 Å². The van der Waals surface area contributed by atoms with Gasteiger partial charge < -0.3 is 9.64 Å². The van der Waals surface area contributed by atoms with Crippen LogP contribution in [0.5, 0.6) is 0 Å². The molecule has 3 rings (SSSR count). The summed E-state index contributed by atoms with van der Waals surface area (Å²) in [5, 5.41) is 5.26. The van der Waals surface area contributed by atoms with Crippen molar-refractivity contribution in [3.63, 3.8) is 0 Å². The Balaban J connectivity index is 2.22. The molecule has 2 heterocycles. The summed E-state index contributed by atoms with van der Waals surface area (Å²) in [5.74, 6) is 0.458. The first-order chi connectivity index (χ1) is 12.1.